The molecule has 0 bridgehead atoms. The average molecular weight is 200 g/mol. The molecule has 0 aliphatic carbocycles. The van der Waals surface area contributed by atoms with E-state index in [2.05, 4.69) is 0 Å². The lowest BCUT2D eigenvalue weighted by molar-refractivity contribution is 0.311. The van der Waals surface area contributed by atoms with E-state index in [-0.39, 0.29) is 0 Å². The van der Waals surface area contributed by atoms with E-state index >= 15 is 0 Å². The van der Waals surface area contributed by atoms with Crippen molar-refractivity contribution >= 4 is 11.6 Å². The van der Waals surface area contributed by atoms with Gasteiger partial charge in [-0.25, -0.2) is 0 Å². The first-order chi connectivity index (χ1) is 6.25. The summed E-state index contributed by atoms with van der Waals surface area (Å²) in [6.07, 6.45) is 0.867. The smallest absolute Gasteiger partial charge is 0.123 e. The number of rotatable bonds is 4. The number of hydrogen-bond donors (Lipinski definition) is 1. The zero-order chi connectivity index (χ0) is 9.68. The molecule has 3 heteroatoms. The fourth-order valence-electron chi connectivity index (χ4n) is 1.01. The molecule has 0 saturated carbocycles. The summed E-state index contributed by atoms with van der Waals surface area (Å²) in [5, 5.41) is 0.741. The summed E-state index contributed by atoms with van der Waals surface area (Å²) >= 11 is 5.92. The van der Waals surface area contributed by atoms with E-state index in [1.807, 2.05) is 25.1 Å². The third-order valence-corrected chi connectivity index (χ3v) is 2.23. The predicted octanol–water partition coefficient (Wildman–Crippen LogP) is 2.38. The minimum atomic E-state index is 0.650. The van der Waals surface area contributed by atoms with Crippen LogP contribution in [0.1, 0.15) is 12.0 Å². The molecule has 72 valence electrons. The molecule has 0 aliphatic heterocycles. The Morgan fingerprint density at radius 3 is 2.92 bits per heavy atom. The van der Waals surface area contributed by atoms with Crippen LogP contribution in [0.3, 0.4) is 0 Å². The fourth-order valence-corrected chi connectivity index (χ4v) is 1.18. The van der Waals surface area contributed by atoms with Crippen molar-refractivity contribution < 1.29 is 4.74 Å². The molecule has 0 atom stereocenters. The molecular formula is C10H14ClNO. The van der Waals surface area contributed by atoms with Crippen LogP contribution in [0.15, 0.2) is 18.2 Å². The normalized spacial score (nSPS) is 10.1. The van der Waals surface area contributed by atoms with E-state index < -0.39 is 0 Å². The Morgan fingerprint density at radius 1 is 1.46 bits per heavy atom. The Hall–Kier alpha value is -0.730. The monoisotopic (exact) mass is 199 g/mol. The van der Waals surface area contributed by atoms with Crippen LogP contribution in [-0.4, -0.2) is 13.2 Å². The molecule has 0 amide bonds. The van der Waals surface area contributed by atoms with Gasteiger partial charge in [-0.1, -0.05) is 17.7 Å². The molecule has 0 unspecified atom stereocenters. The van der Waals surface area contributed by atoms with Gasteiger partial charge in [0, 0.05) is 10.6 Å². The van der Waals surface area contributed by atoms with Crippen LogP contribution < -0.4 is 10.5 Å². The maximum absolute atomic E-state index is 5.92. The maximum atomic E-state index is 5.92. The zero-order valence-corrected chi connectivity index (χ0v) is 8.47. The van der Waals surface area contributed by atoms with Gasteiger partial charge in [-0.2, -0.15) is 0 Å². The lowest BCUT2D eigenvalue weighted by atomic mass is 10.2. The fraction of sp³-hybridized carbons (Fsp3) is 0.400. The molecule has 0 saturated heterocycles. The topological polar surface area (TPSA) is 35.2 Å². The Kier molecular flexibility index (Phi) is 4.06. The van der Waals surface area contributed by atoms with E-state index in [9.17, 15) is 0 Å². The summed E-state index contributed by atoms with van der Waals surface area (Å²) in [4.78, 5) is 0. The SMILES string of the molecule is Cc1c(Cl)cccc1OCCCN. The molecule has 1 aromatic rings. The molecule has 0 spiro atoms. The summed E-state index contributed by atoms with van der Waals surface area (Å²) < 4.78 is 5.49. The van der Waals surface area contributed by atoms with E-state index in [0.29, 0.717) is 13.2 Å². The van der Waals surface area contributed by atoms with Crippen LogP contribution in [0.2, 0.25) is 5.02 Å². The molecule has 0 heterocycles. The van der Waals surface area contributed by atoms with Gasteiger partial charge >= 0.3 is 0 Å². The molecule has 2 N–H and O–H groups in total. The van der Waals surface area contributed by atoms with Crippen molar-refractivity contribution in [3.05, 3.63) is 28.8 Å². The van der Waals surface area contributed by atoms with Crippen molar-refractivity contribution in [3.63, 3.8) is 0 Å². The molecule has 0 aromatic heterocycles. The van der Waals surface area contributed by atoms with Crippen LogP contribution in [0, 0.1) is 6.92 Å². The van der Waals surface area contributed by atoms with Crippen LogP contribution in [0.25, 0.3) is 0 Å². The highest BCUT2D eigenvalue weighted by Gasteiger charge is 2.01. The summed E-state index contributed by atoms with van der Waals surface area (Å²) in [7, 11) is 0. The van der Waals surface area contributed by atoms with Gasteiger partial charge < -0.3 is 10.5 Å². The number of benzene rings is 1. The standard InChI is InChI=1S/C10H14ClNO/c1-8-9(11)4-2-5-10(8)13-7-3-6-12/h2,4-5H,3,6-7,12H2,1H3. The lowest BCUT2D eigenvalue weighted by Gasteiger charge is -2.08. The van der Waals surface area contributed by atoms with Gasteiger partial charge in [0.15, 0.2) is 0 Å². The molecular weight excluding hydrogens is 186 g/mol. The van der Waals surface area contributed by atoms with Gasteiger partial charge in [-0.05, 0) is 32.0 Å². The molecule has 0 fully saturated rings. The Balaban J connectivity index is 2.61. The zero-order valence-electron chi connectivity index (χ0n) is 7.72. The van der Waals surface area contributed by atoms with Crippen molar-refractivity contribution in [2.45, 2.75) is 13.3 Å². The second kappa shape index (κ2) is 5.10. The minimum absolute atomic E-state index is 0.650. The molecule has 2 nitrogen and oxygen atoms in total. The molecule has 1 aromatic carbocycles. The summed E-state index contributed by atoms with van der Waals surface area (Å²) in [6.45, 7) is 3.25. The first-order valence-electron chi connectivity index (χ1n) is 4.33. The molecule has 13 heavy (non-hydrogen) atoms. The Bertz CT molecular complexity index is 276. The summed E-state index contributed by atoms with van der Waals surface area (Å²) in [5.74, 6) is 0.848. The Morgan fingerprint density at radius 2 is 2.23 bits per heavy atom. The first-order valence-corrected chi connectivity index (χ1v) is 4.71. The highest BCUT2D eigenvalue weighted by Crippen LogP contribution is 2.24. The van der Waals surface area contributed by atoms with Gasteiger partial charge in [-0.3, -0.25) is 0 Å². The van der Waals surface area contributed by atoms with Crippen LogP contribution in [-0.2, 0) is 0 Å². The van der Waals surface area contributed by atoms with Crippen LogP contribution in [0.5, 0.6) is 5.75 Å². The van der Waals surface area contributed by atoms with Gasteiger partial charge in [0.25, 0.3) is 0 Å². The van der Waals surface area contributed by atoms with Crippen LogP contribution in [0.4, 0.5) is 0 Å². The van der Waals surface area contributed by atoms with Gasteiger partial charge in [0.05, 0.1) is 6.61 Å². The Labute approximate surface area is 83.6 Å². The van der Waals surface area contributed by atoms with Crippen molar-refractivity contribution in [2.24, 2.45) is 5.73 Å². The molecule has 1 rings (SSSR count). The quantitative estimate of drug-likeness (QED) is 0.756. The van der Waals surface area contributed by atoms with Crippen molar-refractivity contribution in [3.8, 4) is 5.75 Å². The first kappa shape index (κ1) is 10.4. The van der Waals surface area contributed by atoms with Gasteiger partial charge in [-0.15, -0.1) is 0 Å². The maximum Gasteiger partial charge on any atom is 0.123 e. The predicted molar refractivity (Wildman–Crippen MR) is 55.4 cm³/mol. The van der Waals surface area contributed by atoms with E-state index in [1.54, 1.807) is 0 Å². The van der Waals surface area contributed by atoms with Crippen molar-refractivity contribution in [2.75, 3.05) is 13.2 Å². The molecule has 0 radical (unpaired) electrons. The van der Waals surface area contributed by atoms with Gasteiger partial charge in [0.2, 0.25) is 0 Å². The minimum Gasteiger partial charge on any atom is -0.493 e. The number of hydrogen-bond acceptors (Lipinski definition) is 2. The number of nitrogens with two attached hydrogens (primary N) is 1. The third-order valence-electron chi connectivity index (χ3n) is 1.82. The highest BCUT2D eigenvalue weighted by atomic mass is 35.5. The highest BCUT2D eigenvalue weighted by molar-refractivity contribution is 6.31. The summed E-state index contributed by atoms with van der Waals surface area (Å²) in [6, 6.07) is 5.65. The summed E-state index contributed by atoms with van der Waals surface area (Å²) in [5.41, 5.74) is 6.34. The lowest BCUT2D eigenvalue weighted by Crippen LogP contribution is -2.06. The van der Waals surface area contributed by atoms with Crippen molar-refractivity contribution in [1.29, 1.82) is 0 Å². The van der Waals surface area contributed by atoms with Crippen LogP contribution >= 0.6 is 11.6 Å². The second-order valence-corrected chi connectivity index (χ2v) is 3.26. The second-order valence-electron chi connectivity index (χ2n) is 2.85. The third kappa shape index (κ3) is 2.90. The van der Waals surface area contributed by atoms with Gasteiger partial charge in [0.1, 0.15) is 5.75 Å². The van der Waals surface area contributed by atoms with E-state index in [1.165, 1.54) is 0 Å². The largest absolute Gasteiger partial charge is 0.493 e. The average Bonchev–Trinajstić information content (AvgIpc) is 2.13. The van der Waals surface area contributed by atoms with E-state index in [0.717, 1.165) is 22.8 Å². The molecule has 0 aliphatic rings. The number of ether oxygens (including phenoxy) is 1. The van der Waals surface area contributed by atoms with E-state index in [4.69, 9.17) is 22.1 Å². The number of halogens is 1. The van der Waals surface area contributed by atoms with Crippen molar-refractivity contribution in [1.82, 2.24) is 0 Å².